The Bertz CT molecular complexity index is 859. The third-order valence-electron chi connectivity index (χ3n) is 3.32. The molecule has 0 atom stereocenters. The highest BCUT2D eigenvalue weighted by Gasteiger charge is 2.36. The number of carboxylic acids is 1. The standard InChI is InChI=1S/C17H10FNO4S/c18-12-5-7-13(8-6-12)19-15(20)14(24-17(19)23)9-10-1-3-11(4-2-10)16(21)22/h1-9H,(H,21,22)/p-1/b14-9+. The van der Waals surface area contributed by atoms with E-state index in [0.29, 0.717) is 5.56 Å². The molecule has 0 N–H and O–H groups in total. The van der Waals surface area contributed by atoms with Gasteiger partial charge in [0.1, 0.15) is 5.82 Å². The van der Waals surface area contributed by atoms with Crippen LogP contribution in [-0.4, -0.2) is 17.1 Å². The number of imide groups is 1. The summed E-state index contributed by atoms with van der Waals surface area (Å²) in [6.07, 6.45) is 1.49. The fraction of sp³-hybridized carbons (Fsp3) is 0. The number of carbonyl (C=O) groups excluding carboxylic acids is 3. The van der Waals surface area contributed by atoms with Crippen LogP contribution < -0.4 is 10.0 Å². The summed E-state index contributed by atoms with van der Waals surface area (Å²) in [5, 5.41) is 10.2. The zero-order valence-electron chi connectivity index (χ0n) is 12.1. The second-order valence-electron chi connectivity index (χ2n) is 4.90. The van der Waals surface area contributed by atoms with Crippen molar-refractivity contribution in [3.8, 4) is 0 Å². The van der Waals surface area contributed by atoms with Crippen LogP contribution in [0.2, 0.25) is 0 Å². The number of nitrogens with zero attached hydrogens (tertiary/aromatic N) is 1. The van der Waals surface area contributed by atoms with Gasteiger partial charge in [-0.05, 0) is 53.2 Å². The summed E-state index contributed by atoms with van der Waals surface area (Å²) in [6.45, 7) is 0. The van der Waals surface area contributed by atoms with Gasteiger partial charge in [0.15, 0.2) is 0 Å². The second-order valence-corrected chi connectivity index (χ2v) is 5.90. The molecule has 2 aromatic rings. The summed E-state index contributed by atoms with van der Waals surface area (Å²) in [4.78, 5) is 36.3. The van der Waals surface area contributed by atoms with Gasteiger partial charge in [0.25, 0.3) is 11.1 Å². The van der Waals surface area contributed by atoms with Gasteiger partial charge in [0.05, 0.1) is 16.6 Å². The van der Waals surface area contributed by atoms with Gasteiger partial charge in [-0.1, -0.05) is 24.3 Å². The van der Waals surface area contributed by atoms with E-state index in [9.17, 15) is 23.9 Å². The molecule has 0 aromatic heterocycles. The number of anilines is 1. The lowest BCUT2D eigenvalue weighted by atomic mass is 10.1. The highest BCUT2D eigenvalue weighted by molar-refractivity contribution is 8.19. The molecule has 2 amide bonds. The van der Waals surface area contributed by atoms with E-state index in [-0.39, 0.29) is 16.2 Å². The first-order chi connectivity index (χ1) is 11.5. The van der Waals surface area contributed by atoms with Crippen molar-refractivity contribution in [3.05, 3.63) is 70.4 Å². The maximum absolute atomic E-state index is 13.0. The van der Waals surface area contributed by atoms with Gasteiger partial charge in [-0.15, -0.1) is 0 Å². The lowest BCUT2D eigenvalue weighted by molar-refractivity contribution is -0.255. The Labute approximate surface area is 140 Å². The van der Waals surface area contributed by atoms with Gasteiger partial charge in [0.2, 0.25) is 0 Å². The summed E-state index contributed by atoms with van der Waals surface area (Å²) in [5.74, 6) is -2.27. The Morgan fingerprint density at radius 3 is 2.25 bits per heavy atom. The summed E-state index contributed by atoms with van der Waals surface area (Å²) in [5.41, 5.74) is 0.880. The van der Waals surface area contributed by atoms with Crippen LogP contribution in [0.5, 0.6) is 0 Å². The van der Waals surface area contributed by atoms with Crippen molar-refractivity contribution in [2.24, 2.45) is 0 Å². The van der Waals surface area contributed by atoms with Crippen molar-refractivity contribution in [2.45, 2.75) is 0 Å². The van der Waals surface area contributed by atoms with Crippen molar-refractivity contribution < 1.29 is 23.9 Å². The maximum Gasteiger partial charge on any atom is 0.298 e. The number of carbonyl (C=O) groups is 3. The largest absolute Gasteiger partial charge is 0.545 e. The lowest BCUT2D eigenvalue weighted by Gasteiger charge is -2.11. The molecule has 0 saturated carbocycles. The number of amides is 2. The van der Waals surface area contributed by atoms with Crippen LogP contribution >= 0.6 is 11.8 Å². The van der Waals surface area contributed by atoms with Gasteiger partial charge in [0, 0.05) is 0 Å². The zero-order valence-corrected chi connectivity index (χ0v) is 12.9. The molecule has 1 aliphatic rings. The SMILES string of the molecule is O=C([O-])c1ccc(/C=C2/SC(=O)N(c3ccc(F)cc3)C2=O)cc1. The highest BCUT2D eigenvalue weighted by Crippen LogP contribution is 2.35. The van der Waals surface area contributed by atoms with Crippen molar-refractivity contribution in [2.75, 3.05) is 4.90 Å². The molecule has 0 aliphatic carbocycles. The first-order valence-corrected chi connectivity index (χ1v) is 7.62. The molecule has 7 heteroatoms. The molecule has 1 fully saturated rings. The number of carboxylic acid groups (broad SMARTS) is 1. The first kappa shape index (κ1) is 15.9. The van der Waals surface area contributed by atoms with Crippen LogP contribution in [0.4, 0.5) is 14.9 Å². The molecule has 0 radical (unpaired) electrons. The van der Waals surface area contributed by atoms with E-state index in [1.165, 1.54) is 54.6 Å². The van der Waals surface area contributed by atoms with E-state index >= 15 is 0 Å². The third kappa shape index (κ3) is 3.07. The molecular weight excluding hydrogens is 333 g/mol. The van der Waals surface area contributed by atoms with E-state index in [1.54, 1.807) is 0 Å². The number of thioether (sulfide) groups is 1. The Hall–Kier alpha value is -2.93. The normalized spacial score (nSPS) is 16.0. The van der Waals surface area contributed by atoms with Crippen LogP contribution in [0.25, 0.3) is 6.08 Å². The van der Waals surface area contributed by atoms with E-state index in [1.807, 2.05) is 0 Å². The zero-order chi connectivity index (χ0) is 17.3. The van der Waals surface area contributed by atoms with E-state index in [4.69, 9.17) is 0 Å². The average molecular weight is 342 g/mol. The fourth-order valence-corrected chi connectivity index (χ4v) is 2.99. The monoisotopic (exact) mass is 342 g/mol. The summed E-state index contributed by atoms with van der Waals surface area (Å²) >= 11 is 0.762. The predicted octanol–water partition coefficient (Wildman–Crippen LogP) is 2.43. The van der Waals surface area contributed by atoms with Crippen LogP contribution in [0.15, 0.2) is 53.4 Å². The van der Waals surface area contributed by atoms with Crippen LogP contribution in [-0.2, 0) is 4.79 Å². The molecule has 1 heterocycles. The van der Waals surface area contributed by atoms with E-state index in [0.717, 1.165) is 16.7 Å². The van der Waals surface area contributed by atoms with Crippen LogP contribution in [0.3, 0.4) is 0 Å². The number of benzene rings is 2. The molecule has 0 spiro atoms. The van der Waals surface area contributed by atoms with Crippen LogP contribution in [0.1, 0.15) is 15.9 Å². The minimum absolute atomic E-state index is 0.0200. The van der Waals surface area contributed by atoms with Crippen molar-refractivity contribution in [1.82, 2.24) is 0 Å². The van der Waals surface area contributed by atoms with Crippen molar-refractivity contribution >= 4 is 40.6 Å². The van der Waals surface area contributed by atoms with Gasteiger partial charge in [-0.3, -0.25) is 9.59 Å². The van der Waals surface area contributed by atoms with Gasteiger partial charge < -0.3 is 9.90 Å². The summed E-state index contributed by atoms with van der Waals surface area (Å²) in [7, 11) is 0. The maximum atomic E-state index is 13.0. The summed E-state index contributed by atoms with van der Waals surface area (Å²) in [6, 6.07) is 10.8. The van der Waals surface area contributed by atoms with Gasteiger partial charge >= 0.3 is 0 Å². The minimum Gasteiger partial charge on any atom is -0.545 e. The predicted molar refractivity (Wildman–Crippen MR) is 85.6 cm³/mol. The number of aromatic carboxylic acids is 1. The molecular formula is C17H9FNO4S-. The molecule has 0 bridgehead atoms. The molecule has 1 aliphatic heterocycles. The quantitative estimate of drug-likeness (QED) is 0.801. The Morgan fingerprint density at radius 2 is 1.67 bits per heavy atom. The molecule has 3 rings (SSSR count). The Balaban J connectivity index is 1.87. The minimum atomic E-state index is -1.29. The smallest absolute Gasteiger partial charge is 0.298 e. The molecule has 0 unspecified atom stereocenters. The summed E-state index contributed by atoms with van der Waals surface area (Å²) < 4.78 is 13.0. The molecule has 5 nitrogen and oxygen atoms in total. The van der Waals surface area contributed by atoms with Gasteiger partial charge in [-0.2, -0.15) is 0 Å². The van der Waals surface area contributed by atoms with Crippen LogP contribution in [0, 0.1) is 5.82 Å². The Kier molecular flexibility index (Phi) is 4.18. The number of halogens is 1. The lowest BCUT2D eigenvalue weighted by Crippen LogP contribution is -2.27. The third-order valence-corrected chi connectivity index (χ3v) is 4.19. The van der Waals surface area contributed by atoms with Gasteiger partial charge in [-0.25, -0.2) is 9.29 Å². The Morgan fingerprint density at radius 1 is 1.04 bits per heavy atom. The molecule has 2 aromatic carbocycles. The molecule has 24 heavy (non-hydrogen) atoms. The number of hydrogen-bond donors (Lipinski definition) is 0. The highest BCUT2D eigenvalue weighted by atomic mass is 32.2. The van der Waals surface area contributed by atoms with E-state index < -0.39 is 22.9 Å². The van der Waals surface area contributed by atoms with Crippen molar-refractivity contribution in [1.29, 1.82) is 0 Å². The second kappa shape index (κ2) is 6.29. The number of hydrogen-bond acceptors (Lipinski definition) is 5. The van der Waals surface area contributed by atoms with Crippen molar-refractivity contribution in [3.63, 3.8) is 0 Å². The van der Waals surface area contributed by atoms with E-state index in [2.05, 4.69) is 0 Å². The molecule has 120 valence electrons. The number of rotatable bonds is 3. The topological polar surface area (TPSA) is 77.5 Å². The fourth-order valence-electron chi connectivity index (χ4n) is 2.15. The first-order valence-electron chi connectivity index (χ1n) is 6.80. The molecule has 1 saturated heterocycles. The average Bonchev–Trinajstić information content (AvgIpc) is 2.83.